The molecule has 2 saturated heterocycles. The fourth-order valence-electron chi connectivity index (χ4n) is 3.47. The number of methoxy groups -OCH3 is 1. The predicted molar refractivity (Wildman–Crippen MR) is 74.0 cm³/mol. The van der Waals surface area contributed by atoms with E-state index in [0.717, 1.165) is 26.1 Å². The van der Waals surface area contributed by atoms with Gasteiger partial charge in [0.2, 0.25) is 5.91 Å². The third-order valence-corrected chi connectivity index (χ3v) is 4.41. The quantitative estimate of drug-likeness (QED) is 0.774. The second kappa shape index (κ2) is 5.54. The van der Waals surface area contributed by atoms with Crippen LogP contribution in [0.15, 0.2) is 12.4 Å². The SMILES string of the molecule is COCCN1C(=O)CC2C1CCN2Cc1cnn(C)c1. The molecule has 6 heteroatoms. The monoisotopic (exact) mass is 278 g/mol. The van der Waals surface area contributed by atoms with Crippen molar-refractivity contribution in [3.63, 3.8) is 0 Å². The first-order valence-corrected chi connectivity index (χ1v) is 7.19. The molecule has 1 aromatic rings. The number of nitrogens with zero attached hydrogens (tertiary/aromatic N) is 4. The molecule has 1 aromatic heterocycles. The van der Waals surface area contributed by atoms with Gasteiger partial charge in [0.05, 0.1) is 12.8 Å². The molecule has 2 atom stereocenters. The number of aryl methyl sites for hydroxylation is 1. The molecule has 0 spiro atoms. The van der Waals surface area contributed by atoms with Gasteiger partial charge in [-0.15, -0.1) is 0 Å². The summed E-state index contributed by atoms with van der Waals surface area (Å²) >= 11 is 0. The van der Waals surface area contributed by atoms with E-state index in [2.05, 4.69) is 10.00 Å². The van der Waals surface area contributed by atoms with Crippen LogP contribution in [0.2, 0.25) is 0 Å². The summed E-state index contributed by atoms with van der Waals surface area (Å²) in [6, 6.07) is 0.730. The van der Waals surface area contributed by atoms with E-state index in [1.807, 2.05) is 29.0 Å². The molecule has 0 saturated carbocycles. The number of carbonyl (C=O) groups is 1. The largest absolute Gasteiger partial charge is 0.383 e. The van der Waals surface area contributed by atoms with Crippen LogP contribution >= 0.6 is 0 Å². The zero-order chi connectivity index (χ0) is 14.1. The van der Waals surface area contributed by atoms with Gasteiger partial charge >= 0.3 is 0 Å². The number of hydrogen-bond donors (Lipinski definition) is 0. The Hall–Kier alpha value is -1.40. The van der Waals surface area contributed by atoms with Crippen LogP contribution in [0.3, 0.4) is 0 Å². The molecule has 3 rings (SSSR count). The lowest BCUT2D eigenvalue weighted by atomic mass is 10.1. The first-order chi connectivity index (χ1) is 9.69. The van der Waals surface area contributed by atoms with Gasteiger partial charge in [0, 0.05) is 64.1 Å². The van der Waals surface area contributed by atoms with Crippen LogP contribution < -0.4 is 0 Å². The number of aromatic nitrogens is 2. The van der Waals surface area contributed by atoms with Crippen molar-refractivity contribution in [2.75, 3.05) is 26.8 Å². The van der Waals surface area contributed by atoms with Gasteiger partial charge in [-0.2, -0.15) is 5.10 Å². The third-order valence-electron chi connectivity index (χ3n) is 4.41. The molecule has 2 unspecified atom stereocenters. The van der Waals surface area contributed by atoms with Crippen molar-refractivity contribution in [3.05, 3.63) is 18.0 Å². The van der Waals surface area contributed by atoms with Crippen molar-refractivity contribution >= 4 is 5.91 Å². The molecule has 2 aliphatic rings. The molecule has 0 aliphatic carbocycles. The maximum absolute atomic E-state index is 12.1. The Bertz CT molecular complexity index is 487. The summed E-state index contributed by atoms with van der Waals surface area (Å²) in [4.78, 5) is 16.6. The first-order valence-electron chi connectivity index (χ1n) is 7.19. The summed E-state index contributed by atoms with van der Waals surface area (Å²) in [7, 11) is 3.61. The topological polar surface area (TPSA) is 50.6 Å². The molecule has 2 fully saturated rings. The normalized spacial score (nSPS) is 26.5. The number of amides is 1. The summed E-state index contributed by atoms with van der Waals surface area (Å²) in [5, 5.41) is 4.21. The Morgan fingerprint density at radius 2 is 2.30 bits per heavy atom. The Labute approximate surface area is 119 Å². The van der Waals surface area contributed by atoms with Gasteiger partial charge < -0.3 is 9.64 Å². The van der Waals surface area contributed by atoms with Gasteiger partial charge in [-0.25, -0.2) is 0 Å². The minimum absolute atomic E-state index is 0.271. The highest BCUT2D eigenvalue weighted by molar-refractivity contribution is 5.80. The summed E-state index contributed by atoms with van der Waals surface area (Å²) in [5.41, 5.74) is 1.22. The van der Waals surface area contributed by atoms with Crippen molar-refractivity contribution in [3.8, 4) is 0 Å². The van der Waals surface area contributed by atoms with Gasteiger partial charge in [-0.1, -0.05) is 0 Å². The van der Waals surface area contributed by atoms with Crippen LogP contribution in [0.1, 0.15) is 18.4 Å². The van der Waals surface area contributed by atoms with E-state index in [1.165, 1.54) is 5.56 Å². The van der Waals surface area contributed by atoms with E-state index >= 15 is 0 Å². The van der Waals surface area contributed by atoms with Crippen LogP contribution in [0.25, 0.3) is 0 Å². The maximum Gasteiger partial charge on any atom is 0.224 e. The number of fused-ring (bicyclic) bond motifs is 1. The average Bonchev–Trinajstić information content (AvgIpc) is 3.06. The molecule has 0 N–H and O–H groups in total. The highest BCUT2D eigenvalue weighted by Gasteiger charge is 2.46. The van der Waals surface area contributed by atoms with Gasteiger partial charge in [0.25, 0.3) is 0 Å². The highest BCUT2D eigenvalue weighted by atomic mass is 16.5. The van der Waals surface area contributed by atoms with Gasteiger partial charge in [0.1, 0.15) is 0 Å². The van der Waals surface area contributed by atoms with Gasteiger partial charge in [-0.3, -0.25) is 14.4 Å². The molecular formula is C14H22N4O2. The molecule has 1 amide bonds. The Kier molecular flexibility index (Phi) is 3.76. The van der Waals surface area contributed by atoms with E-state index in [4.69, 9.17) is 4.74 Å². The fourth-order valence-corrected chi connectivity index (χ4v) is 3.47. The van der Waals surface area contributed by atoms with E-state index < -0.39 is 0 Å². The second-order valence-electron chi connectivity index (χ2n) is 5.70. The number of ether oxygens (including phenoxy) is 1. The molecule has 0 radical (unpaired) electrons. The Balaban J connectivity index is 1.65. The van der Waals surface area contributed by atoms with Crippen molar-refractivity contribution in [2.24, 2.45) is 7.05 Å². The Morgan fingerprint density at radius 3 is 3.00 bits per heavy atom. The fraction of sp³-hybridized carbons (Fsp3) is 0.714. The van der Waals surface area contributed by atoms with Crippen LogP contribution in [0.5, 0.6) is 0 Å². The van der Waals surface area contributed by atoms with Gasteiger partial charge in [-0.05, 0) is 6.42 Å². The van der Waals surface area contributed by atoms with E-state index in [1.54, 1.807) is 7.11 Å². The van der Waals surface area contributed by atoms with Crippen LogP contribution in [0.4, 0.5) is 0 Å². The maximum atomic E-state index is 12.1. The number of rotatable bonds is 5. The van der Waals surface area contributed by atoms with Crippen molar-refractivity contribution in [1.82, 2.24) is 19.6 Å². The molecular weight excluding hydrogens is 256 g/mol. The second-order valence-corrected chi connectivity index (χ2v) is 5.70. The van der Waals surface area contributed by atoms with E-state index in [0.29, 0.717) is 25.1 Å². The summed E-state index contributed by atoms with van der Waals surface area (Å²) in [6.45, 7) is 3.29. The summed E-state index contributed by atoms with van der Waals surface area (Å²) in [6.07, 6.45) is 5.68. The Morgan fingerprint density at radius 1 is 1.45 bits per heavy atom. The van der Waals surface area contributed by atoms with Crippen molar-refractivity contribution in [1.29, 1.82) is 0 Å². The highest BCUT2D eigenvalue weighted by Crippen LogP contribution is 2.33. The number of hydrogen-bond acceptors (Lipinski definition) is 4. The van der Waals surface area contributed by atoms with Crippen LogP contribution in [-0.2, 0) is 23.1 Å². The van der Waals surface area contributed by atoms with E-state index in [-0.39, 0.29) is 5.91 Å². The predicted octanol–water partition coefficient (Wildman–Crippen LogP) is 0.242. The minimum Gasteiger partial charge on any atom is -0.383 e. The zero-order valence-electron chi connectivity index (χ0n) is 12.2. The molecule has 0 aromatic carbocycles. The molecule has 110 valence electrons. The third kappa shape index (κ3) is 2.45. The van der Waals surface area contributed by atoms with Crippen molar-refractivity contribution in [2.45, 2.75) is 31.5 Å². The van der Waals surface area contributed by atoms with Gasteiger partial charge in [0.15, 0.2) is 0 Å². The molecule has 2 aliphatic heterocycles. The summed E-state index contributed by atoms with van der Waals surface area (Å²) in [5.74, 6) is 0.271. The standard InChI is InChI=1S/C14H22N4O2/c1-16-9-11(8-15-16)10-17-4-3-12-13(17)7-14(19)18(12)5-6-20-2/h8-9,12-13H,3-7,10H2,1-2H3. The zero-order valence-corrected chi connectivity index (χ0v) is 12.2. The lowest BCUT2D eigenvalue weighted by Gasteiger charge is -2.25. The first kappa shape index (κ1) is 13.6. The lowest BCUT2D eigenvalue weighted by molar-refractivity contribution is -0.129. The number of likely N-dealkylation sites (tertiary alicyclic amines) is 2. The molecule has 0 bridgehead atoms. The average molecular weight is 278 g/mol. The minimum atomic E-state index is 0.271. The molecule has 6 nitrogen and oxygen atoms in total. The van der Waals surface area contributed by atoms with Crippen LogP contribution in [-0.4, -0.2) is 64.4 Å². The van der Waals surface area contributed by atoms with E-state index in [9.17, 15) is 4.79 Å². The molecule has 20 heavy (non-hydrogen) atoms. The van der Waals surface area contributed by atoms with Crippen LogP contribution in [0, 0.1) is 0 Å². The molecule has 3 heterocycles. The summed E-state index contributed by atoms with van der Waals surface area (Å²) < 4.78 is 6.93. The lowest BCUT2D eigenvalue weighted by Crippen LogP contribution is -2.38. The number of carbonyl (C=O) groups excluding carboxylic acids is 1. The van der Waals surface area contributed by atoms with Crippen molar-refractivity contribution < 1.29 is 9.53 Å². The smallest absolute Gasteiger partial charge is 0.224 e.